The van der Waals surface area contributed by atoms with E-state index in [1.54, 1.807) is 6.07 Å². The van der Waals surface area contributed by atoms with Crippen LogP contribution in [0.25, 0.3) is 0 Å². The fourth-order valence-corrected chi connectivity index (χ4v) is 1.98. The minimum atomic E-state index is -0.668. The van der Waals surface area contributed by atoms with E-state index in [-0.39, 0.29) is 11.8 Å². The Balaban J connectivity index is 2.99. The molecule has 0 aliphatic carbocycles. The van der Waals surface area contributed by atoms with Gasteiger partial charge in [-0.3, -0.25) is 9.59 Å². The van der Waals surface area contributed by atoms with E-state index in [0.29, 0.717) is 12.1 Å². The van der Waals surface area contributed by atoms with Crippen LogP contribution in [0.5, 0.6) is 0 Å². The monoisotopic (exact) mass is 277 g/mol. The van der Waals surface area contributed by atoms with Gasteiger partial charge in [-0.1, -0.05) is 19.9 Å². The lowest BCUT2D eigenvalue weighted by Gasteiger charge is -2.20. The van der Waals surface area contributed by atoms with E-state index >= 15 is 0 Å². The van der Waals surface area contributed by atoms with Crippen molar-refractivity contribution in [3.05, 3.63) is 29.3 Å². The first-order valence-electron chi connectivity index (χ1n) is 6.81. The first-order chi connectivity index (χ1) is 9.36. The maximum atomic E-state index is 12.3. The lowest BCUT2D eigenvalue weighted by atomic mass is 10.0. The van der Waals surface area contributed by atoms with Gasteiger partial charge in [0.25, 0.3) is 5.91 Å². The zero-order valence-electron chi connectivity index (χ0n) is 12.5. The molecule has 2 amide bonds. The average Bonchev–Trinajstić information content (AvgIpc) is 2.35. The summed E-state index contributed by atoms with van der Waals surface area (Å²) in [6.07, 6.45) is 0. The average molecular weight is 277 g/mol. The van der Waals surface area contributed by atoms with Gasteiger partial charge in [0.15, 0.2) is 0 Å². The Labute approximate surface area is 119 Å². The van der Waals surface area contributed by atoms with Gasteiger partial charge in [-0.2, -0.15) is 0 Å². The fourth-order valence-electron chi connectivity index (χ4n) is 1.98. The molecule has 0 saturated heterocycles. The van der Waals surface area contributed by atoms with Crippen LogP contribution in [0, 0.1) is 12.8 Å². The Kier molecular flexibility index (Phi) is 5.55. The summed E-state index contributed by atoms with van der Waals surface area (Å²) in [7, 11) is 0. The van der Waals surface area contributed by atoms with E-state index in [1.165, 1.54) is 0 Å². The largest absolute Gasteiger partial charge is 0.385 e. The Morgan fingerprint density at radius 1 is 1.30 bits per heavy atom. The van der Waals surface area contributed by atoms with Crippen molar-refractivity contribution in [2.75, 3.05) is 11.9 Å². The third kappa shape index (κ3) is 3.98. The van der Waals surface area contributed by atoms with E-state index in [0.717, 1.165) is 11.3 Å². The van der Waals surface area contributed by atoms with Gasteiger partial charge in [0.05, 0.1) is 5.56 Å². The van der Waals surface area contributed by atoms with Gasteiger partial charge in [-0.05, 0) is 37.5 Å². The van der Waals surface area contributed by atoms with Crippen molar-refractivity contribution in [3.63, 3.8) is 0 Å². The summed E-state index contributed by atoms with van der Waals surface area (Å²) in [4.78, 5) is 23.7. The number of aryl methyl sites for hydroxylation is 1. The van der Waals surface area contributed by atoms with Crippen molar-refractivity contribution >= 4 is 17.5 Å². The van der Waals surface area contributed by atoms with Gasteiger partial charge in [-0.15, -0.1) is 0 Å². The van der Waals surface area contributed by atoms with Crippen molar-refractivity contribution in [1.29, 1.82) is 0 Å². The van der Waals surface area contributed by atoms with Crippen molar-refractivity contribution < 1.29 is 9.59 Å². The highest BCUT2D eigenvalue weighted by Gasteiger charge is 2.23. The molecule has 0 radical (unpaired) electrons. The molecule has 1 unspecified atom stereocenters. The van der Waals surface area contributed by atoms with Crippen molar-refractivity contribution in [2.24, 2.45) is 11.7 Å². The van der Waals surface area contributed by atoms with E-state index in [9.17, 15) is 9.59 Å². The highest BCUT2D eigenvalue weighted by atomic mass is 16.2. The van der Waals surface area contributed by atoms with Gasteiger partial charge in [0.2, 0.25) is 5.91 Å². The van der Waals surface area contributed by atoms with Gasteiger partial charge in [0.1, 0.15) is 6.04 Å². The number of primary amides is 1. The number of carbonyl (C=O) groups excluding carboxylic acids is 2. The van der Waals surface area contributed by atoms with Gasteiger partial charge in [0, 0.05) is 12.2 Å². The van der Waals surface area contributed by atoms with Crippen LogP contribution >= 0.6 is 0 Å². The number of hydrogen-bond donors (Lipinski definition) is 3. The van der Waals surface area contributed by atoms with Crippen LogP contribution in [-0.2, 0) is 4.79 Å². The number of benzene rings is 1. The lowest BCUT2D eigenvalue weighted by Crippen LogP contribution is -2.47. The summed E-state index contributed by atoms with van der Waals surface area (Å²) >= 11 is 0. The minimum absolute atomic E-state index is 0.0514. The molecule has 0 spiro atoms. The van der Waals surface area contributed by atoms with Crippen LogP contribution < -0.4 is 16.4 Å². The van der Waals surface area contributed by atoms with Crippen LogP contribution in [0.4, 0.5) is 5.69 Å². The molecule has 4 N–H and O–H groups in total. The number of nitrogens with one attached hydrogen (secondary N) is 2. The minimum Gasteiger partial charge on any atom is -0.385 e. The maximum absolute atomic E-state index is 12.3. The van der Waals surface area contributed by atoms with Crippen molar-refractivity contribution in [2.45, 2.75) is 33.7 Å². The first-order valence-corrected chi connectivity index (χ1v) is 6.81. The Morgan fingerprint density at radius 2 is 1.95 bits per heavy atom. The summed E-state index contributed by atoms with van der Waals surface area (Å²) in [6.45, 7) is 8.33. The molecule has 0 fully saturated rings. The molecule has 0 heterocycles. The van der Waals surface area contributed by atoms with Gasteiger partial charge >= 0.3 is 0 Å². The topological polar surface area (TPSA) is 84.2 Å². The molecule has 20 heavy (non-hydrogen) atoms. The molecule has 1 rings (SSSR count). The van der Waals surface area contributed by atoms with Crippen molar-refractivity contribution in [3.8, 4) is 0 Å². The quantitative estimate of drug-likeness (QED) is 0.739. The van der Waals surface area contributed by atoms with E-state index in [4.69, 9.17) is 5.73 Å². The lowest BCUT2D eigenvalue weighted by molar-refractivity contribution is -0.120. The first kappa shape index (κ1) is 16.0. The number of rotatable bonds is 6. The summed E-state index contributed by atoms with van der Waals surface area (Å²) in [5.41, 5.74) is 7.66. The number of anilines is 1. The van der Waals surface area contributed by atoms with E-state index < -0.39 is 11.9 Å². The molecule has 0 aliphatic heterocycles. The number of hydrogen-bond acceptors (Lipinski definition) is 3. The Bertz CT molecular complexity index is 498. The zero-order chi connectivity index (χ0) is 15.3. The van der Waals surface area contributed by atoms with Crippen LogP contribution in [0.15, 0.2) is 18.2 Å². The predicted octanol–water partition coefficient (Wildman–Crippen LogP) is 1.67. The van der Waals surface area contributed by atoms with Crippen LogP contribution in [0.1, 0.15) is 36.7 Å². The highest BCUT2D eigenvalue weighted by Crippen LogP contribution is 2.18. The normalized spacial score (nSPS) is 12.1. The van der Waals surface area contributed by atoms with Crippen molar-refractivity contribution in [1.82, 2.24) is 5.32 Å². The third-order valence-electron chi connectivity index (χ3n) is 3.05. The summed E-state index contributed by atoms with van der Waals surface area (Å²) in [5, 5.41) is 5.85. The van der Waals surface area contributed by atoms with Gasteiger partial charge in [-0.25, -0.2) is 0 Å². The molecule has 0 bridgehead atoms. The molecular formula is C15H23N3O2. The smallest absolute Gasteiger partial charge is 0.254 e. The molecule has 110 valence electrons. The van der Waals surface area contributed by atoms with E-state index in [1.807, 2.05) is 39.8 Å². The Hall–Kier alpha value is -2.04. The fraction of sp³-hybridized carbons (Fsp3) is 0.467. The van der Waals surface area contributed by atoms with Crippen LogP contribution in [0.3, 0.4) is 0 Å². The molecule has 0 saturated carbocycles. The zero-order valence-corrected chi connectivity index (χ0v) is 12.5. The standard InChI is InChI=1S/C15H23N3O2/c1-5-17-12-8-10(4)6-7-11(12)15(20)18-13(9(2)3)14(16)19/h6-9,13,17H,5H2,1-4H3,(H2,16,19)(H,18,20). The number of nitrogens with two attached hydrogens (primary N) is 1. The molecule has 1 atom stereocenters. The Morgan fingerprint density at radius 3 is 2.45 bits per heavy atom. The second kappa shape index (κ2) is 6.93. The number of amides is 2. The molecular weight excluding hydrogens is 254 g/mol. The highest BCUT2D eigenvalue weighted by molar-refractivity contribution is 6.01. The third-order valence-corrected chi connectivity index (χ3v) is 3.05. The van der Waals surface area contributed by atoms with E-state index in [2.05, 4.69) is 10.6 Å². The van der Waals surface area contributed by atoms with Crippen LogP contribution in [-0.4, -0.2) is 24.4 Å². The maximum Gasteiger partial charge on any atom is 0.254 e. The second-order valence-electron chi connectivity index (χ2n) is 5.18. The van der Waals surface area contributed by atoms with Gasteiger partial charge < -0.3 is 16.4 Å². The molecule has 5 heteroatoms. The molecule has 0 aliphatic rings. The summed E-state index contributed by atoms with van der Waals surface area (Å²) < 4.78 is 0. The summed E-state index contributed by atoms with van der Waals surface area (Å²) in [6, 6.07) is 4.86. The molecule has 5 nitrogen and oxygen atoms in total. The summed E-state index contributed by atoms with van der Waals surface area (Å²) in [5.74, 6) is -0.867. The number of carbonyl (C=O) groups is 2. The van der Waals surface area contributed by atoms with Crippen LogP contribution in [0.2, 0.25) is 0 Å². The molecule has 1 aromatic carbocycles. The second-order valence-corrected chi connectivity index (χ2v) is 5.18. The SMILES string of the molecule is CCNc1cc(C)ccc1C(=O)NC(C(N)=O)C(C)C. The molecule has 1 aromatic rings. The molecule has 0 aromatic heterocycles. The predicted molar refractivity (Wildman–Crippen MR) is 80.6 cm³/mol.